The zero-order valence-corrected chi connectivity index (χ0v) is 10.8. The second kappa shape index (κ2) is 5.70. The fourth-order valence-electron chi connectivity index (χ4n) is 1.65. The second-order valence-electron chi connectivity index (χ2n) is 4.16. The van der Waals surface area contributed by atoms with Gasteiger partial charge < -0.3 is 14.8 Å². The minimum absolute atomic E-state index is 0.106. The van der Waals surface area contributed by atoms with E-state index < -0.39 is 34.6 Å². The van der Waals surface area contributed by atoms with Crippen molar-refractivity contribution < 1.29 is 27.9 Å². The molecule has 8 heteroatoms. The fourth-order valence-corrected chi connectivity index (χ4v) is 1.65. The first-order chi connectivity index (χ1) is 9.88. The Morgan fingerprint density at radius 1 is 1.29 bits per heavy atom. The van der Waals surface area contributed by atoms with E-state index in [-0.39, 0.29) is 12.4 Å². The predicted octanol–water partition coefficient (Wildman–Crippen LogP) is 1.89. The van der Waals surface area contributed by atoms with Crippen molar-refractivity contribution in [3.05, 3.63) is 52.7 Å². The molecular formula is C13H10F2N2O4. The molecule has 0 aliphatic carbocycles. The van der Waals surface area contributed by atoms with E-state index in [1.807, 2.05) is 0 Å². The summed E-state index contributed by atoms with van der Waals surface area (Å²) in [7, 11) is 0. The molecule has 0 aliphatic rings. The highest BCUT2D eigenvalue weighted by Gasteiger charge is 2.20. The van der Waals surface area contributed by atoms with E-state index in [2.05, 4.69) is 10.3 Å². The lowest BCUT2D eigenvalue weighted by molar-refractivity contribution is 0.0690. The molecule has 1 heterocycles. The number of rotatable bonds is 4. The highest BCUT2D eigenvalue weighted by atomic mass is 19.2. The molecule has 1 aromatic heterocycles. The molecule has 0 saturated carbocycles. The quantitative estimate of drug-likeness (QED) is 0.898. The van der Waals surface area contributed by atoms with Gasteiger partial charge in [0.15, 0.2) is 11.6 Å². The van der Waals surface area contributed by atoms with Gasteiger partial charge in [-0.3, -0.25) is 4.79 Å². The van der Waals surface area contributed by atoms with Gasteiger partial charge in [0, 0.05) is 0 Å². The first kappa shape index (κ1) is 14.6. The van der Waals surface area contributed by atoms with Gasteiger partial charge in [-0.25, -0.2) is 18.6 Å². The molecule has 2 aromatic rings. The largest absolute Gasteiger partial charge is 0.478 e. The number of nitrogens with one attached hydrogen (secondary N) is 1. The standard InChI is InChI=1S/C13H10F2N2O4/c1-6-4-16-11(21-6)5-17-12(18)7-2-9(14)10(15)3-8(7)13(19)20/h2-4H,5H2,1H3,(H,17,18)(H,19,20). The number of hydrogen-bond donors (Lipinski definition) is 2. The van der Waals surface area contributed by atoms with Gasteiger partial charge >= 0.3 is 5.97 Å². The van der Waals surface area contributed by atoms with Crippen LogP contribution in [0.15, 0.2) is 22.7 Å². The minimum Gasteiger partial charge on any atom is -0.478 e. The normalized spacial score (nSPS) is 10.4. The van der Waals surface area contributed by atoms with Gasteiger partial charge in [0.05, 0.1) is 23.9 Å². The Morgan fingerprint density at radius 2 is 1.90 bits per heavy atom. The second-order valence-corrected chi connectivity index (χ2v) is 4.16. The third kappa shape index (κ3) is 3.22. The van der Waals surface area contributed by atoms with Crippen molar-refractivity contribution in [1.29, 1.82) is 0 Å². The number of carbonyl (C=O) groups is 2. The summed E-state index contributed by atoms with van der Waals surface area (Å²) in [4.78, 5) is 26.7. The van der Waals surface area contributed by atoms with E-state index in [0.29, 0.717) is 17.9 Å². The summed E-state index contributed by atoms with van der Waals surface area (Å²) in [6, 6.07) is 0.997. The van der Waals surface area contributed by atoms with Gasteiger partial charge in [-0.15, -0.1) is 0 Å². The van der Waals surface area contributed by atoms with Crippen LogP contribution in [-0.4, -0.2) is 22.0 Å². The first-order valence-corrected chi connectivity index (χ1v) is 5.80. The summed E-state index contributed by atoms with van der Waals surface area (Å²) in [5, 5.41) is 11.2. The lowest BCUT2D eigenvalue weighted by Gasteiger charge is -2.07. The number of aryl methyl sites for hydroxylation is 1. The summed E-state index contributed by atoms with van der Waals surface area (Å²) in [6.07, 6.45) is 1.45. The third-order valence-corrected chi connectivity index (χ3v) is 2.60. The van der Waals surface area contributed by atoms with Crippen LogP contribution in [0.1, 0.15) is 32.4 Å². The molecule has 0 atom stereocenters. The average Bonchev–Trinajstić information content (AvgIpc) is 2.84. The van der Waals surface area contributed by atoms with Crippen molar-refractivity contribution in [2.75, 3.05) is 0 Å². The number of hydrogen-bond acceptors (Lipinski definition) is 4. The molecule has 21 heavy (non-hydrogen) atoms. The van der Waals surface area contributed by atoms with Crippen molar-refractivity contribution in [3.8, 4) is 0 Å². The number of carbonyl (C=O) groups excluding carboxylic acids is 1. The Hall–Kier alpha value is -2.77. The third-order valence-electron chi connectivity index (χ3n) is 2.60. The molecule has 2 rings (SSSR count). The van der Waals surface area contributed by atoms with Crippen LogP contribution < -0.4 is 5.32 Å². The zero-order valence-electron chi connectivity index (χ0n) is 10.8. The van der Waals surface area contributed by atoms with Crippen molar-refractivity contribution in [1.82, 2.24) is 10.3 Å². The summed E-state index contributed by atoms with van der Waals surface area (Å²) < 4.78 is 31.3. The topological polar surface area (TPSA) is 92.4 Å². The Balaban J connectivity index is 2.22. The Morgan fingerprint density at radius 3 is 2.43 bits per heavy atom. The minimum atomic E-state index is -1.54. The lowest BCUT2D eigenvalue weighted by Crippen LogP contribution is -2.25. The monoisotopic (exact) mass is 296 g/mol. The molecule has 0 unspecified atom stereocenters. The van der Waals surface area contributed by atoms with Gasteiger partial charge in [0.2, 0.25) is 5.89 Å². The van der Waals surface area contributed by atoms with E-state index in [9.17, 15) is 18.4 Å². The van der Waals surface area contributed by atoms with E-state index >= 15 is 0 Å². The number of benzene rings is 1. The van der Waals surface area contributed by atoms with Crippen LogP contribution in [0.3, 0.4) is 0 Å². The van der Waals surface area contributed by atoms with Crippen LogP contribution in [0.5, 0.6) is 0 Å². The maximum absolute atomic E-state index is 13.2. The van der Waals surface area contributed by atoms with Crippen molar-refractivity contribution in [3.63, 3.8) is 0 Å². The first-order valence-electron chi connectivity index (χ1n) is 5.80. The maximum atomic E-state index is 13.2. The van der Waals surface area contributed by atoms with Gasteiger partial charge in [-0.1, -0.05) is 0 Å². The van der Waals surface area contributed by atoms with Gasteiger partial charge in [0.25, 0.3) is 5.91 Å². The van der Waals surface area contributed by atoms with Gasteiger partial charge in [0.1, 0.15) is 5.76 Å². The fraction of sp³-hybridized carbons (Fsp3) is 0.154. The number of carboxylic acid groups (broad SMARTS) is 1. The molecule has 0 bridgehead atoms. The van der Waals surface area contributed by atoms with Gasteiger partial charge in [-0.05, 0) is 19.1 Å². The van der Waals surface area contributed by atoms with Gasteiger partial charge in [-0.2, -0.15) is 0 Å². The highest BCUT2D eigenvalue weighted by molar-refractivity contribution is 6.04. The zero-order chi connectivity index (χ0) is 15.6. The molecule has 1 amide bonds. The van der Waals surface area contributed by atoms with Crippen LogP contribution >= 0.6 is 0 Å². The van der Waals surface area contributed by atoms with E-state index in [4.69, 9.17) is 9.52 Å². The molecule has 0 fully saturated rings. The molecule has 1 aromatic carbocycles. The smallest absolute Gasteiger partial charge is 0.336 e. The van der Waals surface area contributed by atoms with E-state index in [1.54, 1.807) is 6.92 Å². The highest BCUT2D eigenvalue weighted by Crippen LogP contribution is 2.15. The molecule has 0 saturated heterocycles. The maximum Gasteiger partial charge on any atom is 0.336 e. The molecule has 0 aliphatic heterocycles. The Labute approximate surface area is 117 Å². The van der Waals surface area contributed by atoms with Crippen molar-refractivity contribution >= 4 is 11.9 Å². The number of halogens is 2. The molecule has 2 N–H and O–H groups in total. The predicted molar refractivity (Wildman–Crippen MR) is 65.7 cm³/mol. The van der Waals surface area contributed by atoms with E-state index in [0.717, 1.165) is 0 Å². The number of amides is 1. The lowest BCUT2D eigenvalue weighted by atomic mass is 10.1. The molecule has 110 valence electrons. The average molecular weight is 296 g/mol. The summed E-state index contributed by atoms with van der Waals surface area (Å²) in [5.74, 6) is -4.31. The van der Waals surface area contributed by atoms with Crippen molar-refractivity contribution in [2.45, 2.75) is 13.5 Å². The number of carboxylic acids is 1. The molecule has 0 spiro atoms. The van der Waals surface area contributed by atoms with Crippen LogP contribution in [0.4, 0.5) is 8.78 Å². The summed E-state index contributed by atoms with van der Waals surface area (Å²) in [5.41, 5.74) is -1.11. The molecule has 0 radical (unpaired) electrons. The number of aromatic carboxylic acids is 1. The summed E-state index contributed by atoms with van der Waals surface area (Å²) in [6.45, 7) is 1.56. The summed E-state index contributed by atoms with van der Waals surface area (Å²) >= 11 is 0. The Kier molecular flexibility index (Phi) is 3.97. The van der Waals surface area contributed by atoms with Crippen LogP contribution in [0.25, 0.3) is 0 Å². The van der Waals surface area contributed by atoms with E-state index in [1.165, 1.54) is 6.20 Å². The Bertz CT molecular complexity index is 712. The van der Waals surface area contributed by atoms with Crippen LogP contribution in [0.2, 0.25) is 0 Å². The number of oxazole rings is 1. The number of aromatic nitrogens is 1. The van der Waals surface area contributed by atoms with Crippen LogP contribution in [-0.2, 0) is 6.54 Å². The molecular weight excluding hydrogens is 286 g/mol. The van der Waals surface area contributed by atoms with Crippen LogP contribution in [0, 0.1) is 18.6 Å². The number of nitrogens with zero attached hydrogens (tertiary/aromatic N) is 1. The SMILES string of the molecule is Cc1cnc(CNC(=O)c2cc(F)c(F)cc2C(=O)O)o1. The van der Waals surface area contributed by atoms with Crippen molar-refractivity contribution in [2.24, 2.45) is 0 Å². The molecule has 6 nitrogen and oxygen atoms in total.